The van der Waals surface area contributed by atoms with Crippen LogP contribution in [0.4, 0.5) is 0 Å². The Balaban J connectivity index is 1.78. The van der Waals surface area contributed by atoms with Crippen LogP contribution in [0.25, 0.3) is 16.6 Å². The van der Waals surface area contributed by atoms with E-state index in [1.54, 1.807) is 11.3 Å². The van der Waals surface area contributed by atoms with Crippen LogP contribution in [0.5, 0.6) is 0 Å². The number of thiophene rings is 1. The minimum absolute atomic E-state index is 0.710. The summed E-state index contributed by atoms with van der Waals surface area (Å²) in [6.07, 6.45) is 2.79. The lowest BCUT2D eigenvalue weighted by Crippen LogP contribution is -2.06. The zero-order valence-electron chi connectivity index (χ0n) is 12.5. The monoisotopic (exact) mass is 310 g/mol. The van der Waals surface area contributed by atoms with E-state index < -0.39 is 0 Å². The normalized spacial score (nSPS) is 10.8. The van der Waals surface area contributed by atoms with Gasteiger partial charge in [0.15, 0.2) is 0 Å². The van der Waals surface area contributed by atoms with Crippen LogP contribution in [-0.2, 0) is 13.0 Å². The Kier molecular flexibility index (Phi) is 4.46. The van der Waals surface area contributed by atoms with Gasteiger partial charge in [0, 0.05) is 17.8 Å². The molecule has 0 saturated carbocycles. The van der Waals surface area contributed by atoms with E-state index in [9.17, 15) is 0 Å². The van der Waals surface area contributed by atoms with Crippen molar-refractivity contribution in [3.63, 3.8) is 0 Å². The second kappa shape index (κ2) is 6.68. The van der Waals surface area contributed by atoms with E-state index in [4.69, 9.17) is 0 Å². The third-order valence-corrected chi connectivity index (χ3v) is 4.55. The molecule has 0 spiro atoms. The summed E-state index contributed by atoms with van der Waals surface area (Å²) in [5, 5.41) is 14.3. The molecule has 0 atom stereocenters. The first-order valence-corrected chi connectivity index (χ1v) is 7.96. The van der Waals surface area contributed by atoms with Gasteiger partial charge in [-0.3, -0.25) is 0 Å². The van der Waals surface area contributed by atoms with Crippen molar-refractivity contribution in [1.82, 2.24) is 20.7 Å². The van der Waals surface area contributed by atoms with Gasteiger partial charge >= 0.3 is 0 Å². The minimum Gasteiger partial charge on any atom is -0.314 e. The maximum absolute atomic E-state index is 4.27. The van der Waals surface area contributed by atoms with Crippen molar-refractivity contribution in [2.75, 3.05) is 7.05 Å². The number of H-pyrrole nitrogens is 1. The minimum atomic E-state index is 0.710. The molecule has 0 bridgehead atoms. The number of aromatic nitrogens is 3. The Morgan fingerprint density at radius 3 is 2.73 bits per heavy atom. The highest BCUT2D eigenvalue weighted by molar-refractivity contribution is 7.15. The summed E-state index contributed by atoms with van der Waals surface area (Å²) in [6.45, 7) is 4.49. The van der Waals surface area contributed by atoms with Crippen molar-refractivity contribution in [2.45, 2.75) is 13.0 Å². The summed E-state index contributed by atoms with van der Waals surface area (Å²) in [5.41, 5.74) is 4.34. The number of benzene rings is 1. The molecule has 0 amide bonds. The van der Waals surface area contributed by atoms with E-state index in [1.165, 1.54) is 10.4 Å². The molecule has 0 unspecified atom stereocenters. The molecule has 3 aromatic rings. The van der Waals surface area contributed by atoms with Crippen molar-refractivity contribution in [2.24, 2.45) is 0 Å². The Hall–Kier alpha value is -2.24. The fraction of sp³-hybridized carbons (Fsp3) is 0.176. The third-order valence-electron chi connectivity index (χ3n) is 3.45. The van der Waals surface area contributed by atoms with Gasteiger partial charge in [-0.25, -0.2) is 0 Å². The third kappa shape index (κ3) is 3.16. The predicted octanol–water partition coefficient (Wildman–Crippen LogP) is 3.49. The first-order valence-electron chi connectivity index (χ1n) is 7.15. The van der Waals surface area contributed by atoms with Crippen molar-refractivity contribution in [3.8, 4) is 10.6 Å². The number of nitrogens with one attached hydrogen (secondary N) is 2. The quantitative estimate of drug-likeness (QED) is 0.733. The van der Waals surface area contributed by atoms with E-state index >= 15 is 0 Å². The van der Waals surface area contributed by atoms with Crippen molar-refractivity contribution in [3.05, 3.63) is 64.7 Å². The first-order chi connectivity index (χ1) is 10.8. The molecule has 2 heterocycles. The fourth-order valence-corrected chi connectivity index (χ4v) is 3.37. The summed E-state index contributed by atoms with van der Waals surface area (Å²) in [5.74, 6) is 0. The van der Waals surface area contributed by atoms with Crippen molar-refractivity contribution < 1.29 is 0 Å². The topological polar surface area (TPSA) is 53.6 Å². The van der Waals surface area contributed by atoms with Gasteiger partial charge in [0.25, 0.3) is 0 Å². The lowest BCUT2D eigenvalue weighted by atomic mass is 10.1. The molecule has 2 aromatic heterocycles. The second-order valence-corrected chi connectivity index (χ2v) is 6.21. The number of nitrogens with zero attached hydrogens (tertiary/aromatic N) is 2. The predicted molar refractivity (Wildman–Crippen MR) is 91.8 cm³/mol. The van der Waals surface area contributed by atoms with Crippen LogP contribution in [0.1, 0.15) is 21.7 Å². The van der Waals surface area contributed by atoms with Crippen LogP contribution in [0.2, 0.25) is 0 Å². The Morgan fingerprint density at radius 1 is 1.18 bits per heavy atom. The number of aromatic amines is 1. The molecule has 22 heavy (non-hydrogen) atoms. The van der Waals surface area contributed by atoms with Crippen LogP contribution in [0.15, 0.2) is 43.0 Å². The summed E-state index contributed by atoms with van der Waals surface area (Å²) < 4.78 is 0. The summed E-state index contributed by atoms with van der Waals surface area (Å²) in [4.78, 5) is 2.47. The van der Waals surface area contributed by atoms with Gasteiger partial charge < -0.3 is 5.32 Å². The van der Waals surface area contributed by atoms with E-state index in [-0.39, 0.29) is 0 Å². The lowest BCUT2D eigenvalue weighted by molar-refractivity contribution is 0.782. The van der Waals surface area contributed by atoms with Gasteiger partial charge in [-0.05, 0) is 30.3 Å². The highest BCUT2D eigenvalue weighted by Gasteiger charge is 2.12. The zero-order chi connectivity index (χ0) is 15.4. The van der Waals surface area contributed by atoms with Crippen molar-refractivity contribution in [1.29, 1.82) is 0 Å². The van der Waals surface area contributed by atoms with E-state index in [0.29, 0.717) is 6.54 Å². The van der Waals surface area contributed by atoms with Gasteiger partial charge in [0.05, 0.1) is 4.88 Å². The van der Waals surface area contributed by atoms with Crippen LogP contribution in [0.3, 0.4) is 0 Å². The fourth-order valence-electron chi connectivity index (χ4n) is 2.31. The highest BCUT2D eigenvalue weighted by atomic mass is 32.1. The summed E-state index contributed by atoms with van der Waals surface area (Å²) in [7, 11) is 1.91. The molecular formula is C17H18N4S. The molecule has 4 nitrogen and oxygen atoms in total. The molecule has 0 saturated heterocycles. The van der Waals surface area contributed by atoms with Crippen molar-refractivity contribution >= 4 is 17.4 Å². The Morgan fingerprint density at radius 2 is 2.00 bits per heavy atom. The molecule has 0 radical (unpaired) electrons. The average molecular weight is 310 g/mol. The first kappa shape index (κ1) is 14.7. The molecule has 3 rings (SSSR count). The summed E-state index contributed by atoms with van der Waals surface area (Å²) >= 11 is 1.76. The van der Waals surface area contributed by atoms with Gasteiger partial charge in [-0.1, -0.05) is 36.9 Å². The average Bonchev–Trinajstić information content (AvgIpc) is 3.17. The lowest BCUT2D eigenvalue weighted by Gasteiger charge is -2.00. The van der Waals surface area contributed by atoms with Gasteiger partial charge in [0.2, 0.25) is 0 Å². The van der Waals surface area contributed by atoms with Crippen LogP contribution >= 0.6 is 11.3 Å². The second-order valence-electron chi connectivity index (χ2n) is 5.04. The molecule has 0 aliphatic heterocycles. The molecule has 5 heteroatoms. The van der Waals surface area contributed by atoms with Crippen LogP contribution in [-0.4, -0.2) is 22.5 Å². The molecule has 1 aromatic carbocycles. The summed E-state index contributed by atoms with van der Waals surface area (Å²) in [6, 6.07) is 12.8. The molecule has 112 valence electrons. The molecule has 0 aliphatic carbocycles. The Bertz CT molecular complexity index is 755. The number of hydrogen-bond acceptors (Lipinski definition) is 4. The highest BCUT2D eigenvalue weighted by Crippen LogP contribution is 2.29. The van der Waals surface area contributed by atoms with Crippen LogP contribution in [0, 0.1) is 0 Å². The molecular weight excluding hydrogens is 292 g/mol. The van der Waals surface area contributed by atoms with E-state index in [2.05, 4.69) is 63.7 Å². The van der Waals surface area contributed by atoms with E-state index in [0.717, 1.165) is 28.2 Å². The smallest absolute Gasteiger partial charge is 0.127 e. The maximum Gasteiger partial charge on any atom is 0.127 e. The molecule has 2 N–H and O–H groups in total. The largest absolute Gasteiger partial charge is 0.314 e. The van der Waals surface area contributed by atoms with Gasteiger partial charge in [0.1, 0.15) is 11.4 Å². The zero-order valence-corrected chi connectivity index (χ0v) is 13.3. The SMILES string of the molecule is C=Cc1ccc(Cc2ccc(-c3n[nH]nc3CNC)s2)cc1. The standard InChI is InChI=1S/C17H18N4S/c1-3-12-4-6-13(7-5-12)10-14-8-9-16(22-14)17-15(11-18-2)19-21-20-17/h3-9,18H,1,10-11H2,2H3,(H,19,20,21). The Labute approximate surface area is 133 Å². The maximum atomic E-state index is 4.27. The van der Waals surface area contributed by atoms with Gasteiger partial charge in [-0.2, -0.15) is 15.4 Å². The van der Waals surface area contributed by atoms with E-state index in [1.807, 2.05) is 13.1 Å². The number of hydrogen-bond donors (Lipinski definition) is 2. The molecule has 0 aliphatic rings. The van der Waals surface area contributed by atoms with Gasteiger partial charge in [-0.15, -0.1) is 11.3 Å². The van der Waals surface area contributed by atoms with Crippen LogP contribution < -0.4 is 5.32 Å². The number of rotatable bonds is 6. The molecule has 0 fully saturated rings.